The monoisotopic (exact) mass is 289 g/mol. The third-order valence-electron chi connectivity index (χ3n) is 4.03. The molecule has 2 N–H and O–H groups in total. The summed E-state index contributed by atoms with van der Waals surface area (Å²) in [7, 11) is 0. The summed E-state index contributed by atoms with van der Waals surface area (Å²) < 4.78 is 0. The fraction of sp³-hybridized carbons (Fsp3) is 0.529. The molecular weight excluding hydrogens is 266 g/mol. The van der Waals surface area contributed by atoms with Gasteiger partial charge in [-0.05, 0) is 36.3 Å². The molecule has 1 amide bonds. The SMILES string of the molecule is CC(C)c1ccc(CCCNC(=O)C2CC2C(=O)O)cc1. The number of carboxylic acid groups (broad SMARTS) is 1. The Balaban J connectivity index is 1.66. The third kappa shape index (κ3) is 4.31. The molecule has 114 valence electrons. The summed E-state index contributed by atoms with van der Waals surface area (Å²) in [6.07, 6.45) is 2.28. The van der Waals surface area contributed by atoms with Crippen molar-refractivity contribution < 1.29 is 14.7 Å². The Morgan fingerprint density at radius 2 is 1.90 bits per heavy atom. The Labute approximate surface area is 125 Å². The van der Waals surface area contributed by atoms with E-state index in [4.69, 9.17) is 5.11 Å². The number of amides is 1. The van der Waals surface area contributed by atoms with E-state index in [9.17, 15) is 9.59 Å². The van der Waals surface area contributed by atoms with Crippen molar-refractivity contribution in [2.24, 2.45) is 11.8 Å². The van der Waals surface area contributed by atoms with Gasteiger partial charge in [0.2, 0.25) is 5.91 Å². The first-order chi connectivity index (χ1) is 9.99. The number of carbonyl (C=O) groups excluding carboxylic acids is 1. The largest absolute Gasteiger partial charge is 0.481 e. The number of carbonyl (C=O) groups is 2. The van der Waals surface area contributed by atoms with E-state index < -0.39 is 11.9 Å². The molecule has 21 heavy (non-hydrogen) atoms. The molecule has 0 radical (unpaired) electrons. The summed E-state index contributed by atoms with van der Waals surface area (Å²) in [6.45, 7) is 4.95. The van der Waals surface area contributed by atoms with Gasteiger partial charge >= 0.3 is 5.97 Å². The van der Waals surface area contributed by atoms with E-state index in [2.05, 4.69) is 43.4 Å². The number of aliphatic carboxylic acids is 1. The molecule has 1 saturated carbocycles. The smallest absolute Gasteiger partial charge is 0.307 e. The number of benzene rings is 1. The Hall–Kier alpha value is -1.84. The van der Waals surface area contributed by atoms with Gasteiger partial charge in [-0.2, -0.15) is 0 Å². The summed E-state index contributed by atoms with van der Waals surface area (Å²) >= 11 is 0. The van der Waals surface area contributed by atoms with Crippen LogP contribution in [0.2, 0.25) is 0 Å². The van der Waals surface area contributed by atoms with Crippen LogP contribution in [-0.2, 0) is 16.0 Å². The zero-order valence-corrected chi connectivity index (χ0v) is 12.6. The lowest BCUT2D eigenvalue weighted by molar-refractivity contribution is -0.140. The second-order valence-corrected chi connectivity index (χ2v) is 6.08. The molecule has 4 heteroatoms. The molecule has 0 heterocycles. The summed E-state index contributed by atoms with van der Waals surface area (Å²) in [5.74, 6) is -1.21. The highest BCUT2D eigenvalue weighted by Crippen LogP contribution is 2.38. The maximum Gasteiger partial charge on any atom is 0.307 e. The van der Waals surface area contributed by atoms with Crippen LogP contribution in [-0.4, -0.2) is 23.5 Å². The van der Waals surface area contributed by atoms with Gasteiger partial charge in [-0.15, -0.1) is 0 Å². The zero-order chi connectivity index (χ0) is 15.4. The second kappa shape index (κ2) is 6.74. The first kappa shape index (κ1) is 15.5. The van der Waals surface area contributed by atoms with Crippen molar-refractivity contribution >= 4 is 11.9 Å². The van der Waals surface area contributed by atoms with Crippen molar-refractivity contribution in [2.75, 3.05) is 6.54 Å². The number of rotatable bonds is 7. The van der Waals surface area contributed by atoms with Crippen molar-refractivity contribution in [1.29, 1.82) is 0 Å². The summed E-state index contributed by atoms with van der Waals surface area (Å²) in [4.78, 5) is 22.4. The molecule has 1 aromatic carbocycles. The topological polar surface area (TPSA) is 66.4 Å². The molecule has 2 atom stereocenters. The van der Waals surface area contributed by atoms with E-state index in [0.717, 1.165) is 12.8 Å². The van der Waals surface area contributed by atoms with Gasteiger partial charge in [0.1, 0.15) is 0 Å². The van der Waals surface area contributed by atoms with Crippen LogP contribution in [0.4, 0.5) is 0 Å². The van der Waals surface area contributed by atoms with Crippen LogP contribution in [0.1, 0.15) is 43.7 Å². The lowest BCUT2D eigenvalue weighted by Crippen LogP contribution is -2.27. The van der Waals surface area contributed by atoms with Crippen LogP contribution in [0.5, 0.6) is 0 Å². The molecular formula is C17H23NO3. The fourth-order valence-corrected chi connectivity index (χ4v) is 2.46. The molecule has 2 rings (SSSR count). The van der Waals surface area contributed by atoms with Crippen molar-refractivity contribution in [3.05, 3.63) is 35.4 Å². The van der Waals surface area contributed by atoms with Gasteiger partial charge in [0.05, 0.1) is 11.8 Å². The van der Waals surface area contributed by atoms with Crippen LogP contribution in [0.15, 0.2) is 24.3 Å². The highest BCUT2D eigenvalue weighted by Gasteiger charge is 2.48. The van der Waals surface area contributed by atoms with Crippen LogP contribution in [0.3, 0.4) is 0 Å². The van der Waals surface area contributed by atoms with E-state index >= 15 is 0 Å². The van der Waals surface area contributed by atoms with Crippen LogP contribution in [0.25, 0.3) is 0 Å². The van der Waals surface area contributed by atoms with Gasteiger partial charge in [0.15, 0.2) is 0 Å². The Bertz CT molecular complexity index is 507. The summed E-state index contributed by atoms with van der Waals surface area (Å²) in [5, 5.41) is 11.6. The predicted molar refractivity (Wildman–Crippen MR) is 81.1 cm³/mol. The molecule has 0 bridgehead atoms. The van der Waals surface area contributed by atoms with E-state index in [1.807, 2.05) is 0 Å². The van der Waals surface area contributed by atoms with Gasteiger partial charge < -0.3 is 10.4 Å². The maximum absolute atomic E-state index is 11.7. The number of nitrogens with one attached hydrogen (secondary N) is 1. The Morgan fingerprint density at radius 3 is 2.43 bits per heavy atom. The molecule has 2 unspecified atom stereocenters. The number of hydrogen-bond acceptors (Lipinski definition) is 2. The van der Waals surface area contributed by atoms with Gasteiger partial charge in [-0.25, -0.2) is 0 Å². The van der Waals surface area contributed by atoms with E-state index in [0.29, 0.717) is 18.9 Å². The normalized spacial score (nSPS) is 20.3. The van der Waals surface area contributed by atoms with Crippen molar-refractivity contribution in [3.63, 3.8) is 0 Å². The highest BCUT2D eigenvalue weighted by atomic mass is 16.4. The lowest BCUT2D eigenvalue weighted by Gasteiger charge is -2.07. The minimum atomic E-state index is -0.861. The van der Waals surface area contributed by atoms with Crippen LogP contribution >= 0.6 is 0 Å². The molecule has 4 nitrogen and oxygen atoms in total. The average molecular weight is 289 g/mol. The molecule has 0 aliphatic heterocycles. The van der Waals surface area contributed by atoms with Crippen LogP contribution < -0.4 is 5.32 Å². The van der Waals surface area contributed by atoms with Gasteiger partial charge in [-0.3, -0.25) is 9.59 Å². The minimum Gasteiger partial charge on any atom is -0.481 e. The van der Waals surface area contributed by atoms with Crippen molar-refractivity contribution in [3.8, 4) is 0 Å². The molecule has 1 fully saturated rings. The zero-order valence-electron chi connectivity index (χ0n) is 12.6. The molecule has 0 saturated heterocycles. The van der Waals surface area contributed by atoms with Gasteiger partial charge in [-0.1, -0.05) is 38.1 Å². The quantitative estimate of drug-likeness (QED) is 0.758. The number of hydrogen-bond donors (Lipinski definition) is 2. The van der Waals surface area contributed by atoms with Gasteiger partial charge in [0, 0.05) is 6.54 Å². The van der Waals surface area contributed by atoms with Crippen LogP contribution in [0, 0.1) is 11.8 Å². The van der Waals surface area contributed by atoms with Crippen molar-refractivity contribution in [2.45, 2.75) is 39.0 Å². The fourth-order valence-electron chi connectivity index (χ4n) is 2.46. The number of carboxylic acids is 1. The van der Waals surface area contributed by atoms with Gasteiger partial charge in [0.25, 0.3) is 0 Å². The summed E-state index contributed by atoms with van der Waals surface area (Å²) in [6, 6.07) is 8.58. The predicted octanol–water partition coefficient (Wildman–Crippen LogP) is 2.58. The van der Waals surface area contributed by atoms with E-state index in [1.165, 1.54) is 11.1 Å². The summed E-state index contributed by atoms with van der Waals surface area (Å²) in [5.41, 5.74) is 2.60. The Kier molecular flexibility index (Phi) is 4.99. The molecule has 1 aliphatic carbocycles. The molecule has 0 spiro atoms. The first-order valence-electron chi connectivity index (χ1n) is 7.58. The highest BCUT2D eigenvalue weighted by molar-refractivity contribution is 5.89. The van der Waals surface area contributed by atoms with E-state index in [1.54, 1.807) is 0 Å². The van der Waals surface area contributed by atoms with E-state index in [-0.39, 0.29) is 11.8 Å². The number of aryl methyl sites for hydroxylation is 1. The third-order valence-corrected chi connectivity index (χ3v) is 4.03. The first-order valence-corrected chi connectivity index (χ1v) is 7.58. The standard InChI is InChI=1S/C17H23NO3/c1-11(2)13-7-5-12(6-8-13)4-3-9-18-16(19)14-10-15(14)17(20)21/h5-8,11,14-15H,3-4,9-10H2,1-2H3,(H,18,19)(H,20,21). The van der Waals surface area contributed by atoms with Crippen molar-refractivity contribution in [1.82, 2.24) is 5.32 Å². The molecule has 1 aromatic rings. The minimum absolute atomic E-state index is 0.113. The lowest BCUT2D eigenvalue weighted by atomic mass is 10.0. The Morgan fingerprint density at radius 1 is 1.24 bits per heavy atom. The maximum atomic E-state index is 11.7. The molecule has 0 aromatic heterocycles. The average Bonchev–Trinajstić information content (AvgIpc) is 3.24. The molecule has 1 aliphatic rings. The second-order valence-electron chi connectivity index (χ2n) is 6.08.